The maximum atomic E-state index is 13.5. The second-order valence-corrected chi connectivity index (χ2v) is 18.5. The molecule has 65 heavy (non-hydrogen) atoms. The van der Waals surface area contributed by atoms with Gasteiger partial charge in [0.2, 0.25) is 11.6 Å². The third kappa shape index (κ3) is 18.0. The lowest BCUT2D eigenvalue weighted by Crippen LogP contribution is -2.44. The van der Waals surface area contributed by atoms with Gasteiger partial charge in [0.15, 0.2) is 5.78 Å². The number of ketones is 2. The van der Waals surface area contributed by atoms with Crippen molar-refractivity contribution in [2.45, 2.75) is 160 Å². The van der Waals surface area contributed by atoms with Crippen molar-refractivity contribution in [3.8, 4) is 11.5 Å². The Balaban J connectivity index is 1.08. The average Bonchev–Trinajstić information content (AvgIpc) is 3.31. The third-order valence-electron chi connectivity index (χ3n) is 13.2. The molecule has 2 aliphatic carbocycles. The van der Waals surface area contributed by atoms with Crippen molar-refractivity contribution in [1.29, 1.82) is 0 Å². The minimum Gasteiger partial charge on any atom is -0.493 e. The number of unbranched alkanes of at least 4 members (excludes halogenated alkanes) is 8. The predicted octanol–water partition coefficient (Wildman–Crippen LogP) is 11.4. The summed E-state index contributed by atoms with van der Waals surface area (Å²) in [4.78, 5) is 26.9. The van der Waals surface area contributed by atoms with Crippen LogP contribution in [-0.4, -0.2) is 66.2 Å². The van der Waals surface area contributed by atoms with E-state index in [1.807, 2.05) is 48.5 Å². The largest absolute Gasteiger partial charge is 0.493 e. The van der Waals surface area contributed by atoms with E-state index in [0.29, 0.717) is 48.5 Å². The molecule has 0 amide bonds. The number of rotatable bonds is 29. The number of carbonyl (C=O) groups is 2. The monoisotopic (exact) mass is 895 g/mol. The summed E-state index contributed by atoms with van der Waals surface area (Å²) in [6.45, 7) is 7.49. The molecule has 356 valence electrons. The molecular formula is C55H78N2O8. The Kier molecular flexibility index (Phi) is 22.1. The predicted molar refractivity (Wildman–Crippen MR) is 263 cm³/mol. The van der Waals surface area contributed by atoms with Crippen LogP contribution >= 0.6 is 0 Å². The summed E-state index contributed by atoms with van der Waals surface area (Å²) in [6.07, 6.45) is 27.1. The molecule has 3 aromatic rings. The smallest absolute Gasteiger partial charge is 0.235 e. The molecule has 2 aliphatic rings. The second kappa shape index (κ2) is 27.9. The topological polar surface area (TPSA) is 164 Å². The summed E-state index contributed by atoms with van der Waals surface area (Å²) in [7, 11) is 0. The SMILES string of the molecule is CCCCCCCOC1CCC(COc2ccc(/C=C/C(=O)CC(c3ccc(N)cc3N)C(O)(O)C(=O)/C=C/c3ccc(OCC4CCC(OCCCCCCC)CC4)cc3)cc2)CC1. The van der Waals surface area contributed by atoms with Crippen LogP contribution in [-0.2, 0) is 19.1 Å². The zero-order chi connectivity index (χ0) is 46.3. The van der Waals surface area contributed by atoms with Gasteiger partial charge in [-0.2, -0.15) is 0 Å². The number of ether oxygens (including phenoxy) is 4. The number of benzene rings is 3. The Morgan fingerprint density at radius 3 is 1.55 bits per heavy atom. The van der Waals surface area contributed by atoms with E-state index in [-0.39, 0.29) is 11.3 Å². The Bertz CT molecular complexity index is 1890. The molecule has 5 rings (SSSR count). The van der Waals surface area contributed by atoms with Crippen molar-refractivity contribution in [2.75, 3.05) is 37.9 Å². The van der Waals surface area contributed by atoms with Crippen LogP contribution < -0.4 is 20.9 Å². The van der Waals surface area contributed by atoms with Crippen molar-refractivity contribution >= 4 is 35.1 Å². The van der Waals surface area contributed by atoms with Crippen molar-refractivity contribution in [1.82, 2.24) is 0 Å². The van der Waals surface area contributed by atoms with Crippen molar-refractivity contribution in [3.63, 3.8) is 0 Å². The Morgan fingerprint density at radius 2 is 1.09 bits per heavy atom. The molecule has 0 aliphatic heterocycles. The van der Waals surface area contributed by atoms with Crippen molar-refractivity contribution in [2.24, 2.45) is 11.8 Å². The molecule has 0 aromatic heterocycles. The first kappa shape index (κ1) is 51.5. The summed E-state index contributed by atoms with van der Waals surface area (Å²) in [5, 5.41) is 22.9. The van der Waals surface area contributed by atoms with Crippen LogP contribution in [0.25, 0.3) is 12.2 Å². The molecule has 2 fully saturated rings. The van der Waals surface area contributed by atoms with Gasteiger partial charge in [0.05, 0.1) is 31.3 Å². The number of hydrogen-bond donors (Lipinski definition) is 4. The van der Waals surface area contributed by atoms with Gasteiger partial charge in [0, 0.05) is 31.0 Å². The number of nitrogen functional groups attached to an aromatic ring is 2. The maximum Gasteiger partial charge on any atom is 0.235 e. The van der Waals surface area contributed by atoms with Crippen LogP contribution in [0.5, 0.6) is 11.5 Å². The maximum absolute atomic E-state index is 13.5. The van der Waals surface area contributed by atoms with E-state index in [1.165, 1.54) is 75.7 Å². The summed E-state index contributed by atoms with van der Waals surface area (Å²) in [6, 6.07) is 19.3. The summed E-state index contributed by atoms with van der Waals surface area (Å²) in [5.74, 6) is -3.27. The van der Waals surface area contributed by atoms with E-state index >= 15 is 0 Å². The molecular weight excluding hydrogens is 817 g/mol. The van der Waals surface area contributed by atoms with Gasteiger partial charge in [-0.05, 0) is 141 Å². The van der Waals surface area contributed by atoms with Gasteiger partial charge in [0.1, 0.15) is 11.5 Å². The lowest BCUT2D eigenvalue weighted by Gasteiger charge is -2.30. The number of carbonyl (C=O) groups excluding carboxylic acids is 2. The van der Waals surface area contributed by atoms with Crippen LogP contribution in [0.15, 0.2) is 78.9 Å². The number of allylic oxidation sites excluding steroid dienone is 1. The molecule has 6 N–H and O–H groups in total. The fourth-order valence-electron chi connectivity index (χ4n) is 8.92. The molecule has 10 heteroatoms. The second-order valence-electron chi connectivity index (χ2n) is 18.5. The minimum atomic E-state index is -2.95. The highest BCUT2D eigenvalue weighted by Gasteiger charge is 2.43. The number of anilines is 2. The van der Waals surface area contributed by atoms with Gasteiger partial charge < -0.3 is 40.6 Å². The molecule has 1 atom stereocenters. The highest BCUT2D eigenvalue weighted by atomic mass is 16.5. The Labute approximate surface area is 389 Å². The van der Waals surface area contributed by atoms with E-state index in [1.54, 1.807) is 12.1 Å². The summed E-state index contributed by atoms with van der Waals surface area (Å²) < 4.78 is 24.5. The molecule has 10 nitrogen and oxygen atoms in total. The molecule has 0 heterocycles. The minimum absolute atomic E-state index is 0.145. The Morgan fingerprint density at radius 1 is 0.631 bits per heavy atom. The number of hydrogen-bond acceptors (Lipinski definition) is 10. The molecule has 2 saturated carbocycles. The molecule has 1 unspecified atom stereocenters. The first-order valence-electron chi connectivity index (χ1n) is 24.8. The van der Waals surface area contributed by atoms with Crippen LogP contribution in [0.3, 0.4) is 0 Å². The van der Waals surface area contributed by atoms with Crippen molar-refractivity contribution < 1.29 is 38.7 Å². The summed E-state index contributed by atoms with van der Waals surface area (Å²) in [5.41, 5.74) is 14.4. The highest BCUT2D eigenvalue weighted by Crippen LogP contribution is 2.36. The molecule has 3 aromatic carbocycles. The van der Waals surface area contributed by atoms with Crippen LogP contribution in [0.2, 0.25) is 0 Å². The molecule has 0 spiro atoms. The van der Waals surface area contributed by atoms with E-state index in [4.69, 9.17) is 30.4 Å². The fraction of sp³-hybridized carbons (Fsp3) is 0.564. The van der Waals surface area contributed by atoms with E-state index in [2.05, 4.69) is 13.8 Å². The van der Waals surface area contributed by atoms with Crippen LogP contribution in [0.1, 0.15) is 158 Å². The normalized spacial score (nSPS) is 19.7. The highest BCUT2D eigenvalue weighted by molar-refractivity contribution is 6.01. The molecule has 0 saturated heterocycles. The van der Waals surface area contributed by atoms with Crippen LogP contribution in [0.4, 0.5) is 11.4 Å². The van der Waals surface area contributed by atoms with Gasteiger partial charge in [-0.25, -0.2) is 0 Å². The lowest BCUT2D eigenvalue weighted by atomic mass is 9.82. The van der Waals surface area contributed by atoms with E-state index in [0.717, 1.165) is 101 Å². The Hall–Kier alpha value is -4.48. The molecule has 0 radical (unpaired) electrons. The van der Waals surface area contributed by atoms with Gasteiger partial charge in [-0.15, -0.1) is 0 Å². The van der Waals surface area contributed by atoms with Crippen molar-refractivity contribution in [3.05, 3.63) is 95.6 Å². The zero-order valence-corrected chi connectivity index (χ0v) is 39.3. The zero-order valence-electron chi connectivity index (χ0n) is 39.3. The molecule has 0 bridgehead atoms. The first-order valence-corrected chi connectivity index (χ1v) is 24.8. The van der Waals surface area contributed by atoms with Gasteiger partial charge in [-0.1, -0.05) is 108 Å². The lowest BCUT2D eigenvalue weighted by molar-refractivity contribution is -0.187. The van der Waals surface area contributed by atoms with Crippen LogP contribution in [0, 0.1) is 11.8 Å². The average molecular weight is 895 g/mol. The third-order valence-corrected chi connectivity index (χ3v) is 13.2. The standard InChI is InChI=1S/C55H78N2O8/c1-3-5-7-9-11-35-62-47-29-18-43(19-30-47)39-64-49-25-14-41(15-26-49)13-24-46(58)38-52(51-33-23-45(56)37-53(51)57)55(60,61)54(59)34-22-42-16-27-50(28-17-42)65-40-44-20-31-48(32-21-44)63-36-12-10-8-6-4-2/h13-17,22-28,33-34,37,43-44,47-48,52,60-61H,3-12,18-21,29-32,35-36,38-40,56-57H2,1-2H3/b24-13+,34-22+. The quantitative estimate of drug-likeness (QED) is 0.0228. The fourth-order valence-corrected chi connectivity index (χ4v) is 8.92. The summed E-state index contributed by atoms with van der Waals surface area (Å²) >= 11 is 0. The first-order chi connectivity index (χ1) is 31.5. The van der Waals surface area contributed by atoms with Gasteiger partial charge in [-0.3, -0.25) is 9.59 Å². The number of nitrogens with two attached hydrogens (primary N) is 2. The van der Waals surface area contributed by atoms with E-state index < -0.39 is 29.7 Å². The number of aliphatic hydroxyl groups is 2. The van der Waals surface area contributed by atoms with Gasteiger partial charge in [0.25, 0.3) is 0 Å². The van der Waals surface area contributed by atoms with E-state index in [9.17, 15) is 19.8 Å². The van der Waals surface area contributed by atoms with Gasteiger partial charge >= 0.3 is 0 Å².